The Bertz CT molecular complexity index is 1380. The molecule has 0 radical (unpaired) electrons. The highest BCUT2D eigenvalue weighted by atomic mass is 16.5. The molecule has 0 N–H and O–H groups in total. The Morgan fingerprint density at radius 1 is 0.875 bits per heavy atom. The summed E-state index contributed by atoms with van der Waals surface area (Å²) >= 11 is 0. The van der Waals surface area contributed by atoms with Crippen molar-refractivity contribution in [3.8, 4) is 17.3 Å². The quantitative estimate of drug-likeness (QED) is 0.423. The number of hydrogen-bond acceptors (Lipinski definition) is 6. The van der Waals surface area contributed by atoms with Gasteiger partial charge >= 0.3 is 0 Å². The fourth-order valence-electron chi connectivity index (χ4n) is 4.43. The Hall–Kier alpha value is -4.00. The molecule has 2 aromatic carbocycles. The van der Waals surface area contributed by atoms with E-state index in [-0.39, 0.29) is 0 Å². The number of ether oxygens (including phenoxy) is 1. The monoisotopic (exact) mass is 425 g/mol. The van der Waals surface area contributed by atoms with Gasteiger partial charge in [0, 0.05) is 49.0 Å². The summed E-state index contributed by atoms with van der Waals surface area (Å²) in [4.78, 5) is 9.34. The average Bonchev–Trinajstić information content (AvgIpc) is 3.48. The first-order valence-corrected chi connectivity index (χ1v) is 10.8. The first kappa shape index (κ1) is 18.7. The minimum Gasteiger partial charge on any atom is -0.480 e. The lowest BCUT2D eigenvalue weighted by atomic mass is 10.1. The lowest BCUT2D eigenvalue weighted by Gasteiger charge is -2.37. The van der Waals surface area contributed by atoms with Crippen LogP contribution in [0.15, 0.2) is 77.3 Å². The van der Waals surface area contributed by atoms with Crippen LogP contribution in [0.1, 0.15) is 0 Å². The summed E-state index contributed by atoms with van der Waals surface area (Å²) in [7, 11) is 1.61. The van der Waals surface area contributed by atoms with Crippen molar-refractivity contribution in [2.75, 3.05) is 43.1 Å². The molecule has 4 heterocycles. The van der Waals surface area contributed by atoms with Crippen molar-refractivity contribution in [1.29, 1.82) is 0 Å². The van der Waals surface area contributed by atoms with E-state index in [0.717, 1.165) is 54.2 Å². The molecule has 3 aromatic heterocycles. The van der Waals surface area contributed by atoms with Gasteiger partial charge in [-0.05, 0) is 36.4 Å². The second-order valence-corrected chi connectivity index (χ2v) is 7.90. The van der Waals surface area contributed by atoms with Gasteiger partial charge in [-0.15, -0.1) is 5.10 Å². The third-order valence-corrected chi connectivity index (χ3v) is 6.08. The van der Waals surface area contributed by atoms with Crippen LogP contribution in [0.2, 0.25) is 0 Å². The molecule has 0 amide bonds. The number of furan rings is 1. The van der Waals surface area contributed by atoms with E-state index in [2.05, 4.69) is 68.4 Å². The SMILES string of the molecule is COc1ccc2ncc(-c3cc4c(N5CCN(c6ccccc6)CC5)cccc4o3)n2n1. The highest BCUT2D eigenvalue weighted by molar-refractivity contribution is 5.94. The summed E-state index contributed by atoms with van der Waals surface area (Å²) in [6, 6.07) is 22.6. The van der Waals surface area contributed by atoms with Crippen molar-refractivity contribution in [3.05, 3.63) is 72.9 Å². The van der Waals surface area contributed by atoms with Crippen LogP contribution in [-0.4, -0.2) is 47.9 Å². The molecule has 0 spiro atoms. The van der Waals surface area contributed by atoms with Gasteiger partial charge in [0.2, 0.25) is 5.88 Å². The highest BCUT2D eigenvalue weighted by Crippen LogP contribution is 2.35. The van der Waals surface area contributed by atoms with Crippen molar-refractivity contribution in [3.63, 3.8) is 0 Å². The van der Waals surface area contributed by atoms with Crippen molar-refractivity contribution >= 4 is 28.0 Å². The van der Waals surface area contributed by atoms with Crippen LogP contribution >= 0.6 is 0 Å². The largest absolute Gasteiger partial charge is 0.480 e. The number of para-hydroxylation sites is 1. The summed E-state index contributed by atoms with van der Waals surface area (Å²) in [5.41, 5.74) is 4.89. The molecule has 5 aromatic rings. The van der Waals surface area contributed by atoms with Crippen LogP contribution in [0.25, 0.3) is 28.1 Å². The van der Waals surface area contributed by atoms with E-state index >= 15 is 0 Å². The molecule has 1 saturated heterocycles. The van der Waals surface area contributed by atoms with E-state index in [1.54, 1.807) is 23.9 Å². The number of aromatic nitrogens is 3. The fraction of sp³-hybridized carbons (Fsp3) is 0.200. The van der Waals surface area contributed by atoms with Gasteiger partial charge in [-0.3, -0.25) is 0 Å². The van der Waals surface area contributed by atoms with Gasteiger partial charge in [0.1, 0.15) is 11.3 Å². The van der Waals surface area contributed by atoms with E-state index in [4.69, 9.17) is 9.15 Å². The van der Waals surface area contributed by atoms with Gasteiger partial charge in [-0.1, -0.05) is 24.3 Å². The smallest absolute Gasteiger partial charge is 0.231 e. The van der Waals surface area contributed by atoms with Crippen molar-refractivity contribution in [1.82, 2.24) is 14.6 Å². The molecule has 6 rings (SSSR count). The molecule has 160 valence electrons. The van der Waals surface area contributed by atoms with Crippen LogP contribution in [-0.2, 0) is 0 Å². The maximum absolute atomic E-state index is 6.24. The number of hydrogen-bond donors (Lipinski definition) is 0. The molecule has 32 heavy (non-hydrogen) atoms. The predicted octanol–water partition coefficient (Wildman–Crippen LogP) is 4.48. The Morgan fingerprint density at radius 3 is 2.50 bits per heavy atom. The van der Waals surface area contributed by atoms with E-state index < -0.39 is 0 Å². The number of piperazine rings is 1. The maximum Gasteiger partial charge on any atom is 0.231 e. The first-order chi connectivity index (χ1) is 15.8. The number of anilines is 2. The molecule has 1 aliphatic heterocycles. The van der Waals surface area contributed by atoms with Gasteiger partial charge in [-0.25, -0.2) is 9.50 Å². The minimum atomic E-state index is 0.532. The standard InChI is InChI=1S/C25H23N5O2/c1-31-25-11-10-24-26-17-21(30(24)27-25)23-16-19-20(8-5-9-22(19)32-23)29-14-12-28(13-15-29)18-6-3-2-4-7-18/h2-11,16-17H,12-15H2,1H3. The second-order valence-electron chi connectivity index (χ2n) is 7.90. The zero-order valence-electron chi connectivity index (χ0n) is 17.8. The molecular weight excluding hydrogens is 402 g/mol. The van der Waals surface area contributed by atoms with Crippen LogP contribution < -0.4 is 14.5 Å². The van der Waals surface area contributed by atoms with Gasteiger partial charge in [0.05, 0.1) is 13.3 Å². The Kier molecular flexibility index (Phi) is 4.45. The number of benzene rings is 2. The number of methoxy groups -OCH3 is 1. The number of rotatable bonds is 4. The maximum atomic E-state index is 6.24. The molecule has 1 aliphatic rings. The van der Waals surface area contributed by atoms with E-state index in [0.29, 0.717) is 5.88 Å². The molecule has 0 saturated carbocycles. The summed E-state index contributed by atoms with van der Waals surface area (Å²) in [6.45, 7) is 3.90. The molecule has 0 bridgehead atoms. The van der Waals surface area contributed by atoms with E-state index in [9.17, 15) is 0 Å². The third-order valence-electron chi connectivity index (χ3n) is 6.08. The topological polar surface area (TPSA) is 59.0 Å². The Balaban J connectivity index is 1.32. The lowest BCUT2D eigenvalue weighted by molar-refractivity contribution is 0.390. The van der Waals surface area contributed by atoms with Crippen molar-refractivity contribution in [2.24, 2.45) is 0 Å². The van der Waals surface area contributed by atoms with Crippen molar-refractivity contribution in [2.45, 2.75) is 0 Å². The van der Waals surface area contributed by atoms with E-state index in [1.165, 1.54) is 11.4 Å². The zero-order valence-corrected chi connectivity index (χ0v) is 17.8. The molecular formula is C25H23N5O2. The fourth-order valence-corrected chi connectivity index (χ4v) is 4.43. The average molecular weight is 425 g/mol. The zero-order chi connectivity index (χ0) is 21.5. The third kappa shape index (κ3) is 3.13. The van der Waals surface area contributed by atoms with Gasteiger partial charge in [-0.2, -0.15) is 0 Å². The number of fused-ring (bicyclic) bond motifs is 2. The highest BCUT2D eigenvalue weighted by Gasteiger charge is 2.21. The van der Waals surface area contributed by atoms with Crippen LogP contribution in [0.4, 0.5) is 11.4 Å². The number of imidazole rings is 1. The van der Waals surface area contributed by atoms with E-state index in [1.807, 2.05) is 12.1 Å². The number of nitrogens with zero attached hydrogens (tertiary/aromatic N) is 5. The Labute approximate surface area is 185 Å². The molecule has 0 aliphatic carbocycles. The molecule has 7 nitrogen and oxygen atoms in total. The Morgan fingerprint density at radius 2 is 1.69 bits per heavy atom. The lowest BCUT2D eigenvalue weighted by Crippen LogP contribution is -2.46. The van der Waals surface area contributed by atoms with Crippen molar-refractivity contribution < 1.29 is 9.15 Å². The van der Waals surface area contributed by atoms with Gasteiger partial charge < -0.3 is 19.0 Å². The summed E-state index contributed by atoms with van der Waals surface area (Å²) in [6.07, 6.45) is 1.79. The summed E-state index contributed by atoms with van der Waals surface area (Å²) in [5, 5.41) is 5.61. The van der Waals surface area contributed by atoms with Gasteiger partial charge in [0.25, 0.3) is 0 Å². The minimum absolute atomic E-state index is 0.532. The molecule has 1 fully saturated rings. The van der Waals surface area contributed by atoms with Gasteiger partial charge in [0.15, 0.2) is 11.4 Å². The molecule has 0 unspecified atom stereocenters. The summed E-state index contributed by atoms with van der Waals surface area (Å²) < 4.78 is 13.3. The normalized spacial score (nSPS) is 14.4. The molecule has 0 atom stereocenters. The first-order valence-electron chi connectivity index (χ1n) is 10.8. The summed E-state index contributed by atoms with van der Waals surface area (Å²) in [5.74, 6) is 1.27. The van der Waals surface area contributed by atoms with Crippen LogP contribution in [0.5, 0.6) is 5.88 Å². The van der Waals surface area contributed by atoms with Crippen LogP contribution in [0, 0.1) is 0 Å². The molecule has 7 heteroatoms. The second kappa shape index (κ2) is 7.60. The van der Waals surface area contributed by atoms with Crippen LogP contribution in [0.3, 0.4) is 0 Å². The predicted molar refractivity (Wildman–Crippen MR) is 126 cm³/mol.